The van der Waals surface area contributed by atoms with E-state index in [1.54, 1.807) is 24.4 Å². The maximum atomic E-state index is 12.5. The maximum Gasteiger partial charge on any atom is 0.274 e. The van der Waals surface area contributed by atoms with Crippen LogP contribution < -0.4 is 5.32 Å². The Morgan fingerprint density at radius 2 is 2.09 bits per heavy atom. The van der Waals surface area contributed by atoms with Gasteiger partial charge in [0.2, 0.25) is 0 Å². The predicted molar refractivity (Wildman–Crippen MR) is 84.4 cm³/mol. The maximum absolute atomic E-state index is 12.5. The molecule has 1 saturated carbocycles. The molecular weight excluding hydrogens is 300 g/mol. The van der Waals surface area contributed by atoms with Crippen LogP contribution in [0.3, 0.4) is 0 Å². The minimum absolute atomic E-state index is 0.265. The highest BCUT2D eigenvalue weighted by molar-refractivity contribution is 6.33. The van der Waals surface area contributed by atoms with Crippen LogP contribution in [0.15, 0.2) is 42.6 Å². The van der Waals surface area contributed by atoms with Crippen molar-refractivity contribution in [2.75, 3.05) is 5.32 Å². The number of aromatic nitrogens is 3. The zero-order valence-electron chi connectivity index (χ0n) is 11.7. The van der Waals surface area contributed by atoms with Gasteiger partial charge >= 0.3 is 0 Å². The third-order valence-corrected chi connectivity index (χ3v) is 4.07. The first-order chi connectivity index (χ1) is 10.7. The van der Waals surface area contributed by atoms with Gasteiger partial charge in [-0.15, -0.1) is 0 Å². The third-order valence-electron chi connectivity index (χ3n) is 3.74. The molecule has 2 heterocycles. The second-order valence-corrected chi connectivity index (χ2v) is 5.78. The fraction of sp³-hybridized carbons (Fsp3) is 0.188. The van der Waals surface area contributed by atoms with E-state index in [1.807, 2.05) is 22.7 Å². The Labute approximate surface area is 131 Å². The number of carbonyl (C=O) groups is 1. The van der Waals surface area contributed by atoms with E-state index >= 15 is 0 Å². The van der Waals surface area contributed by atoms with Crippen molar-refractivity contribution in [3.05, 3.63) is 59.0 Å². The lowest BCUT2D eigenvalue weighted by Gasteiger charge is -2.09. The fourth-order valence-electron chi connectivity index (χ4n) is 2.47. The lowest BCUT2D eigenvalue weighted by Crippen LogP contribution is -2.16. The SMILES string of the molecule is O=C(Nc1ccccc1Cl)c1cc(C2CC2)n2nccc2n1. The van der Waals surface area contributed by atoms with Crippen molar-refractivity contribution >= 4 is 28.8 Å². The number of hydrogen-bond acceptors (Lipinski definition) is 3. The van der Waals surface area contributed by atoms with E-state index in [0.717, 1.165) is 18.5 Å². The summed E-state index contributed by atoms with van der Waals surface area (Å²) in [5, 5.41) is 7.59. The van der Waals surface area contributed by atoms with Crippen LogP contribution in [0.4, 0.5) is 5.69 Å². The van der Waals surface area contributed by atoms with Crippen LogP contribution in [0.5, 0.6) is 0 Å². The van der Waals surface area contributed by atoms with Crippen molar-refractivity contribution in [2.24, 2.45) is 0 Å². The van der Waals surface area contributed by atoms with Crippen molar-refractivity contribution in [2.45, 2.75) is 18.8 Å². The number of hydrogen-bond donors (Lipinski definition) is 1. The lowest BCUT2D eigenvalue weighted by molar-refractivity contribution is 0.102. The molecule has 1 aliphatic rings. The van der Waals surface area contributed by atoms with Crippen LogP contribution >= 0.6 is 11.6 Å². The van der Waals surface area contributed by atoms with Crippen molar-refractivity contribution in [3.8, 4) is 0 Å². The van der Waals surface area contributed by atoms with Crippen LogP contribution in [-0.2, 0) is 0 Å². The number of nitrogens with one attached hydrogen (secondary N) is 1. The van der Waals surface area contributed by atoms with Gasteiger partial charge in [-0.3, -0.25) is 4.79 Å². The molecule has 0 unspecified atom stereocenters. The normalized spacial score (nSPS) is 14.2. The Hall–Kier alpha value is -2.40. The first-order valence-corrected chi connectivity index (χ1v) is 7.51. The van der Waals surface area contributed by atoms with Crippen molar-refractivity contribution < 1.29 is 4.79 Å². The molecule has 1 amide bonds. The highest BCUT2D eigenvalue weighted by Gasteiger charge is 2.28. The number of para-hydroxylation sites is 1. The monoisotopic (exact) mass is 312 g/mol. The van der Waals surface area contributed by atoms with E-state index < -0.39 is 0 Å². The number of nitrogens with zero attached hydrogens (tertiary/aromatic N) is 3. The number of anilines is 1. The molecule has 1 aliphatic carbocycles. The van der Waals surface area contributed by atoms with E-state index in [4.69, 9.17) is 11.6 Å². The molecule has 0 radical (unpaired) electrons. The second kappa shape index (κ2) is 5.10. The average Bonchev–Trinajstić information content (AvgIpc) is 3.25. The molecule has 0 bridgehead atoms. The van der Waals surface area contributed by atoms with Gasteiger partial charge < -0.3 is 5.32 Å². The molecule has 1 N–H and O–H groups in total. The van der Waals surface area contributed by atoms with Crippen molar-refractivity contribution in [1.29, 1.82) is 0 Å². The summed E-state index contributed by atoms with van der Waals surface area (Å²) < 4.78 is 1.81. The van der Waals surface area contributed by atoms with Crippen molar-refractivity contribution in [1.82, 2.24) is 14.6 Å². The quantitative estimate of drug-likeness (QED) is 0.805. The summed E-state index contributed by atoms with van der Waals surface area (Å²) in [5.41, 5.74) is 2.69. The van der Waals surface area contributed by atoms with Gasteiger partial charge in [-0.1, -0.05) is 23.7 Å². The molecule has 0 saturated heterocycles. The smallest absolute Gasteiger partial charge is 0.274 e. The number of rotatable bonds is 3. The summed E-state index contributed by atoms with van der Waals surface area (Å²) in [6.07, 6.45) is 3.96. The first kappa shape index (κ1) is 13.3. The van der Waals surface area contributed by atoms with Gasteiger partial charge in [0.25, 0.3) is 5.91 Å². The van der Waals surface area contributed by atoms with Gasteiger partial charge in [0, 0.05) is 17.7 Å². The van der Waals surface area contributed by atoms with E-state index in [-0.39, 0.29) is 5.91 Å². The Kier molecular flexibility index (Phi) is 3.08. The average molecular weight is 313 g/mol. The van der Waals surface area contributed by atoms with Gasteiger partial charge in [-0.25, -0.2) is 9.50 Å². The van der Waals surface area contributed by atoms with E-state index in [1.165, 1.54) is 0 Å². The highest BCUT2D eigenvalue weighted by atomic mass is 35.5. The van der Waals surface area contributed by atoms with Gasteiger partial charge in [-0.2, -0.15) is 5.10 Å². The predicted octanol–water partition coefficient (Wildman–Crippen LogP) is 3.51. The van der Waals surface area contributed by atoms with Gasteiger partial charge in [0.15, 0.2) is 5.65 Å². The molecule has 4 rings (SSSR count). The topological polar surface area (TPSA) is 59.3 Å². The molecule has 0 spiro atoms. The third kappa shape index (κ3) is 2.33. The molecular formula is C16H13ClN4O. The summed E-state index contributed by atoms with van der Waals surface area (Å²) in [4.78, 5) is 16.8. The van der Waals surface area contributed by atoms with Crippen LogP contribution in [0.2, 0.25) is 5.02 Å². The van der Waals surface area contributed by atoms with Crippen molar-refractivity contribution in [3.63, 3.8) is 0 Å². The Morgan fingerprint density at radius 1 is 1.27 bits per heavy atom. The molecule has 0 aliphatic heterocycles. The standard InChI is InChI=1S/C16H13ClN4O/c17-11-3-1-2-4-12(11)20-16(22)13-9-14(10-5-6-10)21-15(19-13)7-8-18-21/h1-4,7-10H,5-6H2,(H,20,22). The number of amides is 1. The zero-order chi connectivity index (χ0) is 15.1. The lowest BCUT2D eigenvalue weighted by atomic mass is 10.2. The Balaban J connectivity index is 1.71. The highest BCUT2D eigenvalue weighted by Crippen LogP contribution is 2.40. The number of fused-ring (bicyclic) bond motifs is 1. The minimum Gasteiger partial charge on any atom is -0.319 e. The molecule has 5 nitrogen and oxygen atoms in total. The largest absolute Gasteiger partial charge is 0.319 e. The zero-order valence-corrected chi connectivity index (χ0v) is 12.4. The second-order valence-electron chi connectivity index (χ2n) is 5.38. The van der Waals surface area contributed by atoms with Crippen LogP contribution in [-0.4, -0.2) is 20.5 Å². The van der Waals surface area contributed by atoms with Gasteiger partial charge in [0.1, 0.15) is 5.69 Å². The molecule has 2 aromatic heterocycles. The molecule has 22 heavy (non-hydrogen) atoms. The Morgan fingerprint density at radius 3 is 2.86 bits per heavy atom. The summed E-state index contributed by atoms with van der Waals surface area (Å²) >= 11 is 6.08. The summed E-state index contributed by atoms with van der Waals surface area (Å²) in [5.74, 6) is 0.205. The Bertz CT molecular complexity index is 869. The fourth-order valence-corrected chi connectivity index (χ4v) is 2.66. The molecule has 3 aromatic rings. The minimum atomic E-state index is -0.265. The number of carbonyl (C=O) groups excluding carboxylic acids is 1. The summed E-state index contributed by atoms with van der Waals surface area (Å²) in [6.45, 7) is 0. The van der Waals surface area contributed by atoms with Crippen LogP contribution in [0.1, 0.15) is 34.9 Å². The van der Waals surface area contributed by atoms with Crippen LogP contribution in [0.25, 0.3) is 5.65 Å². The van der Waals surface area contributed by atoms with Gasteiger partial charge in [-0.05, 0) is 31.0 Å². The number of benzene rings is 1. The van der Waals surface area contributed by atoms with E-state index in [0.29, 0.717) is 28.0 Å². The summed E-state index contributed by atoms with van der Waals surface area (Å²) in [7, 11) is 0. The first-order valence-electron chi connectivity index (χ1n) is 7.13. The molecule has 6 heteroatoms. The van der Waals surface area contributed by atoms with E-state index in [2.05, 4.69) is 15.4 Å². The van der Waals surface area contributed by atoms with Crippen LogP contribution in [0, 0.1) is 0 Å². The number of halogens is 1. The van der Waals surface area contributed by atoms with E-state index in [9.17, 15) is 4.79 Å². The molecule has 110 valence electrons. The summed E-state index contributed by atoms with van der Waals surface area (Å²) in [6, 6.07) is 10.8. The van der Waals surface area contributed by atoms with Gasteiger partial charge in [0.05, 0.1) is 16.9 Å². The molecule has 0 atom stereocenters. The molecule has 1 fully saturated rings. The molecule has 1 aromatic carbocycles.